The number of aromatic hydroxyl groups is 1. The van der Waals surface area contributed by atoms with Crippen molar-refractivity contribution in [3.8, 4) is 23.0 Å². The van der Waals surface area contributed by atoms with Crippen LogP contribution in [-0.2, 0) is 11.3 Å². The van der Waals surface area contributed by atoms with Gasteiger partial charge in [-0.3, -0.25) is 9.69 Å². The number of methoxy groups -OCH3 is 2. The average molecular weight is 485 g/mol. The predicted molar refractivity (Wildman–Crippen MR) is 135 cm³/mol. The van der Waals surface area contributed by atoms with Gasteiger partial charge in [0.25, 0.3) is 0 Å². The summed E-state index contributed by atoms with van der Waals surface area (Å²) >= 11 is 1.71. The molecule has 2 aromatic rings. The molecule has 8 heteroatoms. The van der Waals surface area contributed by atoms with Crippen LogP contribution in [-0.4, -0.2) is 72.4 Å². The molecular weight excluding hydrogens is 452 g/mol. The number of likely N-dealkylation sites (tertiary alicyclic amines) is 1. The van der Waals surface area contributed by atoms with Crippen molar-refractivity contribution >= 4 is 23.7 Å². The molecule has 0 aliphatic carbocycles. The number of phenolic OH excluding ortho intramolecular Hbond substituents is 1. The van der Waals surface area contributed by atoms with E-state index in [1.54, 1.807) is 44.2 Å². The fourth-order valence-corrected chi connectivity index (χ4v) is 5.44. The third kappa shape index (κ3) is 5.80. The number of hydrogen-bond acceptors (Lipinski definition) is 7. The number of hydrogen-bond donors (Lipinski definition) is 1. The first kappa shape index (κ1) is 24.3. The highest BCUT2D eigenvalue weighted by Crippen LogP contribution is 2.34. The molecule has 4 rings (SSSR count). The lowest BCUT2D eigenvalue weighted by Gasteiger charge is -2.23. The number of nitrogens with zero attached hydrogens (tertiary/aromatic N) is 2. The van der Waals surface area contributed by atoms with E-state index in [0.29, 0.717) is 36.9 Å². The SMILES string of the molecule is COc1ccccc1OCC1SCCN1C(=O)C=Cc1cc(CN2CCCC2)c(O)c(OC)c1. The minimum Gasteiger partial charge on any atom is -0.504 e. The van der Waals surface area contributed by atoms with Gasteiger partial charge in [-0.15, -0.1) is 11.8 Å². The average Bonchev–Trinajstić information content (AvgIpc) is 3.55. The second kappa shape index (κ2) is 11.5. The van der Waals surface area contributed by atoms with Crippen LogP contribution in [0.1, 0.15) is 24.0 Å². The number of thioether (sulfide) groups is 1. The molecule has 0 radical (unpaired) electrons. The largest absolute Gasteiger partial charge is 0.504 e. The lowest BCUT2D eigenvalue weighted by atomic mass is 10.1. The molecule has 1 atom stereocenters. The van der Waals surface area contributed by atoms with E-state index in [-0.39, 0.29) is 17.0 Å². The molecule has 0 saturated carbocycles. The summed E-state index contributed by atoms with van der Waals surface area (Å²) in [5.41, 5.74) is 1.64. The van der Waals surface area contributed by atoms with Gasteiger partial charge in [0.2, 0.25) is 5.91 Å². The molecule has 2 aliphatic rings. The zero-order valence-corrected chi connectivity index (χ0v) is 20.6. The first-order valence-corrected chi connectivity index (χ1v) is 12.6. The summed E-state index contributed by atoms with van der Waals surface area (Å²) in [6, 6.07) is 11.2. The Morgan fingerprint density at radius 1 is 1.09 bits per heavy atom. The smallest absolute Gasteiger partial charge is 0.247 e. The first-order valence-electron chi connectivity index (χ1n) is 11.6. The third-order valence-corrected chi connectivity index (χ3v) is 7.32. The second-order valence-corrected chi connectivity index (χ2v) is 9.65. The topological polar surface area (TPSA) is 71.5 Å². The summed E-state index contributed by atoms with van der Waals surface area (Å²) in [5, 5.41) is 10.5. The Labute approximate surface area is 205 Å². The van der Waals surface area contributed by atoms with Gasteiger partial charge in [-0.2, -0.15) is 0 Å². The minimum absolute atomic E-state index is 0.0632. The summed E-state index contributed by atoms with van der Waals surface area (Å²) in [6.07, 6.45) is 5.75. The third-order valence-electron chi connectivity index (χ3n) is 6.13. The predicted octanol–water partition coefficient (Wildman–Crippen LogP) is 4.00. The van der Waals surface area contributed by atoms with Gasteiger partial charge >= 0.3 is 0 Å². The Bertz CT molecular complexity index is 1020. The highest BCUT2D eigenvalue weighted by atomic mass is 32.2. The number of amides is 1. The molecule has 0 bridgehead atoms. The molecule has 1 N–H and O–H groups in total. The van der Waals surface area contributed by atoms with Gasteiger partial charge in [0.1, 0.15) is 12.0 Å². The van der Waals surface area contributed by atoms with Crippen LogP contribution in [0.25, 0.3) is 6.08 Å². The number of carbonyl (C=O) groups excluding carboxylic acids is 1. The number of phenols is 1. The van der Waals surface area contributed by atoms with E-state index in [0.717, 1.165) is 30.0 Å². The van der Waals surface area contributed by atoms with Gasteiger partial charge in [0.15, 0.2) is 23.0 Å². The normalized spacial score (nSPS) is 18.5. The van der Waals surface area contributed by atoms with Crippen molar-refractivity contribution in [1.82, 2.24) is 9.80 Å². The van der Waals surface area contributed by atoms with Crippen molar-refractivity contribution in [2.75, 3.05) is 46.2 Å². The maximum absolute atomic E-state index is 13.0. The van der Waals surface area contributed by atoms with Crippen molar-refractivity contribution in [3.05, 3.63) is 53.6 Å². The highest BCUT2D eigenvalue weighted by molar-refractivity contribution is 8.00. The van der Waals surface area contributed by atoms with Crippen LogP contribution in [0, 0.1) is 0 Å². The molecular formula is C26H32N2O5S. The van der Waals surface area contributed by atoms with E-state index in [1.165, 1.54) is 12.8 Å². The van der Waals surface area contributed by atoms with E-state index in [1.807, 2.05) is 35.2 Å². The van der Waals surface area contributed by atoms with Crippen molar-refractivity contribution < 1.29 is 24.1 Å². The standard InChI is InChI=1S/C26H32N2O5S/c1-31-21-7-3-4-8-22(21)33-18-25-28(13-14-34-25)24(29)10-9-19-15-20(17-27-11-5-6-12-27)26(30)23(16-19)32-2/h3-4,7-10,15-16,25,30H,5-6,11-14,17-18H2,1-2H3. The zero-order chi connectivity index (χ0) is 23.9. The molecule has 2 saturated heterocycles. The van der Waals surface area contributed by atoms with Crippen molar-refractivity contribution in [2.24, 2.45) is 0 Å². The van der Waals surface area contributed by atoms with Gasteiger partial charge in [-0.05, 0) is 61.8 Å². The molecule has 34 heavy (non-hydrogen) atoms. The molecule has 182 valence electrons. The van der Waals surface area contributed by atoms with Crippen LogP contribution in [0.15, 0.2) is 42.5 Å². The van der Waals surface area contributed by atoms with Crippen molar-refractivity contribution in [2.45, 2.75) is 24.8 Å². The molecule has 2 heterocycles. The molecule has 2 fully saturated rings. The first-order chi connectivity index (χ1) is 16.6. The summed E-state index contributed by atoms with van der Waals surface area (Å²) in [4.78, 5) is 17.2. The Balaban J connectivity index is 1.42. The fraction of sp³-hybridized carbons (Fsp3) is 0.423. The molecule has 0 spiro atoms. The van der Waals surface area contributed by atoms with E-state index < -0.39 is 0 Å². The molecule has 0 aromatic heterocycles. The fourth-order valence-electron chi connectivity index (χ4n) is 4.32. The zero-order valence-electron chi connectivity index (χ0n) is 19.7. The van der Waals surface area contributed by atoms with Crippen LogP contribution in [0.4, 0.5) is 0 Å². The van der Waals surface area contributed by atoms with E-state index in [9.17, 15) is 9.90 Å². The maximum Gasteiger partial charge on any atom is 0.247 e. The molecule has 2 aromatic carbocycles. The van der Waals surface area contributed by atoms with Crippen LogP contribution < -0.4 is 14.2 Å². The number of para-hydroxylation sites is 2. The Morgan fingerprint density at radius 2 is 1.82 bits per heavy atom. The minimum atomic E-state index is -0.0675. The van der Waals surface area contributed by atoms with E-state index in [2.05, 4.69) is 4.90 Å². The number of benzene rings is 2. The Kier molecular flexibility index (Phi) is 8.24. The lowest BCUT2D eigenvalue weighted by molar-refractivity contribution is -0.126. The van der Waals surface area contributed by atoms with Gasteiger partial charge < -0.3 is 24.2 Å². The molecule has 1 amide bonds. The molecule has 2 aliphatic heterocycles. The van der Waals surface area contributed by atoms with Crippen molar-refractivity contribution in [3.63, 3.8) is 0 Å². The summed E-state index contributed by atoms with van der Waals surface area (Å²) in [6.45, 7) is 3.80. The van der Waals surface area contributed by atoms with Gasteiger partial charge in [0, 0.05) is 30.5 Å². The number of rotatable bonds is 9. The second-order valence-electron chi connectivity index (χ2n) is 8.37. The van der Waals surface area contributed by atoms with Crippen LogP contribution >= 0.6 is 11.8 Å². The molecule has 7 nitrogen and oxygen atoms in total. The quantitative estimate of drug-likeness (QED) is 0.540. The summed E-state index contributed by atoms with van der Waals surface area (Å²) < 4.78 is 16.7. The lowest BCUT2D eigenvalue weighted by Crippen LogP contribution is -2.37. The molecule has 1 unspecified atom stereocenters. The highest BCUT2D eigenvalue weighted by Gasteiger charge is 2.29. The summed E-state index contributed by atoms with van der Waals surface area (Å²) in [7, 11) is 3.16. The van der Waals surface area contributed by atoms with Crippen molar-refractivity contribution in [1.29, 1.82) is 0 Å². The van der Waals surface area contributed by atoms with Gasteiger partial charge in [-0.25, -0.2) is 0 Å². The summed E-state index contributed by atoms with van der Waals surface area (Å²) in [5.74, 6) is 2.74. The van der Waals surface area contributed by atoms with Gasteiger partial charge in [0.05, 0.1) is 14.2 Å². The van der Waals surface area contributed by atoms with E-state index in [4.69, 9.17) is 14.2 Å². The van der Waals surface area contributed by atoms with Crippen LogP contribution in [0.2, 0.25) is 0 Å². The van der Waals surface area contributed by atoms with Crippen LogP contribution in [0.3, 0.4) is 0 Å². The Morgan fingerprint density at radius 3 is 2.56 bits per heavy atom. The number of carbonyl (C=O) groups is 1. The Hall–Kier alpha value is -2.84. The maximum atomic E-state index is 13.0. The van der Waals surface area contributed by atoms with E-state index >= 15 is 0 Å². The monoisotopic (exact) mass is 484 g/mol. The van der Waals surface area contributed by atoms with Gasteiger partial charge in [-0.1, -0.05) is 12.1 Å². The van der Waals surface area contributed by atoms with Crippen LogP contribution in [0.5, 0.6) is 23.0 Å². The number of ether oxygens (including phenoxy) is 3.